The Hall–Kier alpha value is 0.0569. The molecule has 11 heavy (non-hydrogen) atoms. The lowest BCUT2D eigenvalue weighted by molar-refractivity contribution is 0.0499. The second-order valence-corrected chi connectivity index (χ2v) is 3.59. The molecule has 1 rings (SSSR count). The summed E-state index contributed by atoms with van der Waals surface area (Å²) in [6.45, 7) is 2.18. The molecule has 0 aromatic rings. The summed E-state index contributed by atoms with van der Waals surface area (Å²) >= 11 is 0. The molecule has 1 radical (unpaired) electrons. The topological polar surface area (TPSA) is 47.9 Å². The third kappa shape index (κ3) is 3.83. The zero-order chi connectivity index (χ0) is 7.94. The summed E-state index contributed by atoms with van der Waals surface area (Å²) in [5.41, 5.74) is 0. The van der Waals surface area contributed by atoms with Crippen molar-refractivity contribution in [2.24, 2.45) is 0 Å². The Morgan fingerprint density at radius 3 is 2.73 bits per heavy atom. The van der Waals surface area contributed by atoms with Gasteiger partial charge in [-0.3, -0.25) is 0 Å². The van der Waals surface area contributed by atoms with Crippen LogP contribution in [0.2, 0.25) is 0 Å². The predicted molar refractivity (Wildman–Crippen MR) is 39.9 cm³/mol. The number of hydrogen-bond acceptors (Lipinski definition) is 4. The Morgan fingerprint density at radius 2 is 2.09 bits per heavy atom. The van der Waals surface area contributed by atoms with Crippen LogP contribution in [0, 0.1) is 0 Å². The van der Waals surface area contributed by atoms with Crippen LogP contribution in [0.5, 0.6) is 0 Å². The van der Waals surface area contributed by atoms with Gasteiger partial charge in [-0.1, -0.05) is 0 Å². The molecule has 1 aliphatic rings. The zero-order valence-corrected chi connectivity index (χ0v) is 7.41. The molecular weight excluding hydrogens is 164 g/mol. The summed E-state index contributed by atoms with van der Waals surface area (Å²) < 4.78 is 15.6. The Labute approximate surface area is 68.0 Å². The molecule has 0 saturated carbocycles. The van der Waals surface area contributed by atoms with Crippen LogP contribution in [-0.4, -0.2) is 41.1 Å². The van der Waals surface area contributed by atoms with E-state index in [9.17, 15) is 0 Å². The van der Waals surface area contributed by atoms with Crippen molar-refractivity contribution in [3.8, 4) is 0 Å². The molecule has 0 aliphatic carbocycles. The van der Waals surface area contributed by atoms with Gasteiger partial charge in [-0.15, -0.1) is 0 Å². The highest BCUT2D eigenvalue weighted by Gasteiger charge is 2.21. The van der Waals surface area contributed by atoms with Crippen LogP contribution in [-0.2, 0) is 13.3 Å². The molecule has 0 atom stereocenters. The molecule has 0 aromatic heterocycles. The first kappa shape index (κ1) is 9.15. The summed E-state index contributed by atoms with van der Waals surface area (Å²) in [6, 6.07) is 0. The van der Waals surface area contributed by atoms with E-state index in [-0.39, 0.29) is 6.61 Å². The van der Waals surface area contributed by atoms with Crippen molar-refractivity contribution in [2.75, 3.05) is 26.4 Å². The van der Waals surface area contributed by atoms with E-state index >= 15 is 0 Å². The lowest BCUT2D eigenvalue weighted by Gasteiger charge is -2.18. The number of aliphatic hydroxyl groups excluding tert-OH is 1. The molecule has 1 heterocycles. The van der Waals surface area contributed by atoms with Crippen LogP contribution >= 0.6 is 0 Å². The second kappa shape index (κ2) is 5.67. The van der Waals surface area contributed by atoms with Gasteiger partial charge in [-0.25, -0.2) is 0 Å². The van der Waals surface area contributed by atoms with Gasteiger partial charge in [-0.05, 0) is 12.8 Å². The van der Waals surface area contributed by atoms with E-state index in [0.29, 0.717) is 13.0 Å². The quantitative estimate of drug-likeness (QED) is 0.477. The van der Waals surface area contributed by atoms with Crippen molar-refractivity contribution >= 4 is 9.53 Å². The number of rotatable bonds is 4. The molecular formula is C6H13O4Si. The lowest BCUT2D eigenvalue weighted by Crippen LogP contribution is -2.33. The van der Waals surface area contributed by atoms with E-state index in [1.807, 2.05) is 0 Å². The average Bonchev–Trinajstić information content (AvgIpc) is 2.07. The van der Waals surface area contributed by atoms with Gasteiger partial charge in [0.15, 0.2) is 0 Å². The van der Waals surface area contributed by atoms with E-state index in [0.717, 1.165) is 19.6 Å². The van der Waals surface area contributed by atoms with Gasteiger partial charge in [0, 0.05) is 26.4 Å². The maximum Gasteiger partial charge on any atom is 0.577 e. The molecule has 0 spiro atoms. The molecule has 4 nitrogen and oxygen atoms in total. The highest BCUT2D eigenvalue weighted by Crippen LogP contribution is 2.01. The van der Waals surface area contributed by atoms with E-state index in [4.69, 9.17) is 18.4 Å². The largest absolute Gasteiger partial charge is 0.577 e. The van der Waals surface area contributed by atoms with Crippen molar-refractivity contribution in [3.05, 3.63) is 0 Å². The number of hydrogen-bond donors (Lipinski definition) is 1. The van der Waals surface area contributed by atoms with Gasteiger partial charge in [0.25, 0.3) is 0 Å². The van der Waals surface area contributed by atoms with Crippen LogP contribution in [0.3, 0.4) is 0 Å². The molecule has 1 fully saturated rings. The summed E-state index contributed by atoms with van der Waals surface area (Å²) in [6.07, 6.45) is 1.61. The first-order chi connectivity index (χ1) is 5.43. The molecule has 1 aliphatic heterocycles. The number of aliphatic hydroxyl groups is 1. The first-order valence-corrected chi connectivity index (χ1v) is 5.02. The van der Waals surface area contributed by atoms with Crippen LogP contribution < -0.4 is 0 Å². The van der Waals surface area contributed by atoms with Crippen LogP contribution in [0.25, 0.3) is 0 Å². The molecule has 0 aromatic carbocycles. The summed E-state index contributed by atoms with van der Waals surface area (Å²) in [7, 11) is -1.43. The van der Waals surface area contributed by atoms with E-state index in [1.165, 1.54) is 0 Å². The summed E-state index contributed by atoms with van der Waals surface area (Å²) in [5.74, 6) is 0. The third-order valence-electron chi connectivity index (χ3n) is 1.25. The van der Waals surface area contributed by atoms with Crippen LogP contribution in [0.15, 0.2) is 0 Å². The molecule has 5 heteroatoms. The maximum absolute atomic E-state index is 8.45. The Kier molecular flexibility index (Phi) is 4.72. The van der Waals surface area contributed by atoms with Crippen molar-refractivity contribution < 1.29 is 18.4 Å². The van der Waals surface area contributed by atoms with E-state index in [1.54, 1.807) is 0 Å². The van der Waals surface area contributed by atoms with Gasteiger partial charge in [0.05, 0.1) is 0 Å². The molecule has 1 saturated heterocycles. The van der Waals surface area contributed by atoms with Gasteiger partial charge in [-0.2, -0.15) is 0 Å². The van der Waals surface area contributed by atoms with Gasteiger partial charge in [0.1, 0.15) is 0 Å². The van der Waals surface area contributed by atoms with Crippen LogP contribution in [0.1, 0.15) is 12.8 Å². The van der Waals surface area contributed by atoms with Crippen LogP contribution in [0.4, 0.5) is 0 Å². The van der Waals surface area contributed by atoms with Gasteiger partial charge in [0.2, 0.25) is 0 Å². The first-order valence-electron chi connectivity index (χ1n) is 3.79. The van der Waals surface area contributed by atoms with Crippen molar-refractivity contribution in [3.63, 3.8) is 0 Å². The molecule has 0 unspecified atom stereocenters. The van der Waals surface area contributed by atoms with Gasteiger partial charge >= 0.3 is 9.53 Å². The average molecular weight is 177 g/mol. The Bertz CT molecular complexity index is 94.6. The normalized spacial score (nSPS) is 20.5. The van der Waals surface area contributed by atoms with Crippen molar-refractivity contribution in [1.29, 1.82) is 0 Å². The highest BCUT2D eigenvalue weighted by molar-refractivity contribution is 6.36. The standard InChI is InChI=1S/C6H13O4Si/c7-3-1-4-8-11-9-5-2-6-10-11/h7H,1-6H2. The molecule has 1 N–H and O–H groups in total. The molecule has 65 valence electrons. The Morgan fingerprint density at radius 1 is 1.36 bits per heavy atom. The zero-order valence-electron chi connectivity index (χ0n) is 6.41. The van der Waals surface area contributed by atoms with E-state index in [2.05, 4.69) is 0 Å². The van der Waals surface area contributed by atoms with Crippen molar-refractivity contribution in [1.82, 2.24) is 0 Å². The van der Waals surface area contributed by atoms with Gasteiger partial charge < -0.3 is 18.4 Å². The van der Waals surface area contributed by atoms with E-state index < -0.39 is 9.53 Å². The summed E-state index contributed by atoms with van der Waals surface area (Å²) in [5, 5.41) is 8.45. The fraction of sp³-hybridized carbons (Fsp3) is 1.00. The smallest absolute Gasteiger partial charge is 0.396 e. The SMILES string of the molecule is OCCCO[Si]1OCCCO1. The van der Waals surface area contributed by atoms with Crippen molar-refractivity contribution in [2.45, 2.75) is 12.8 Å². The summed E-state index contributed by atoms with van der Waals surface area (Å²) in [4.78, 5) is 0. The Balaban J connectivity index is 1.96. The molecule has 0 amide bonds. The second-order valence-electron chi connectivity index (χ2n) is 2.23. The lowest BCUT2D eigenvalue weighted by atomic mass is 10.5. The highest BCUT2D eigenvalue weighted by atomic mass is 28.3. The minimum atomic E-state index is -1.43. The molecule has 0 bridgehead atoms. The monoisotopic (exact) mass is 177 g/mol. The fourth-order valence-corrected chi connectivity index (χ4v) is 1.90. The third-order valence-corrected chi connectivity index (χ3v) is 2.57. The fourth-order valence-electron chi connectivity index (χ4n) is 0.715. The minimum absolute atomic E-state index is 0.162. The minimum Gasteiger partial charge on any atom is -0.396 e. The predicted octanol–water partition coefficient (Wildman–Crippen LogP) is -0.193. The maximum atomic E-state index is 8.45.